The van der Waals surface area contributed by atoms with E-state index in [0.29, 0.717) is 4.88 Å². The summed E-state index contributed by atoms with van der Waals surface area (Å²) >= 11 is 4.32. The van der Waals surface area contributed by atoms with Crippen molar-refractivity contribution in [3.8, 4) is 0 Å². The van der Waals surface area contributed by atoms with Gasteiger partial charge >= 0.3 is 6.18 Å². The molecule has 0 saturated carbocycles. The number of fused-ring (bicyclic) bond motifs is 1. The summed E-state index contributed by atoms with van der Waals surface area (Å²) in [7, 11) is 0. The van der Waals surface area contributed by atoms with Gasteiger partial charge in [0.15, 0.2) is 0 Å². The summed E-state index contributed by atoms with van der Waals surface area (Å²) in [6.07, 6.45) is -0.288. The number of anilines is 1. The average Bonchev–Trinajstić information content (AvgIpc) is 2.92. The van der Waals surface area contributed by atoms with Gasteiger partial charge in [0.2, 0.25) is 0 Å². The fourth-order valence-electron chi connectivity index (χ4n) is 2.62. The number of aryl methyl sites for hydroxylation is 2. The summed E-state index contributed by atoms with van der Waals surface area (Å²) in [6, 6.07) is 5.54. The van der Waals surface area contributed by atoms with Crippen LogP contribution < -0.4 is 5.32 Å². The maximum Gasteiger partial charge on any atom is 0.417 e. The molecule has 1 N–H and O–H groups in total. The van der Waals surface area contributed by atoms with E-state index in [1.165, 1.54) is 33.9 Å². The van der Waals surface area contributed by atoms with Crippen LogP contribution in [0.3, 0.4) is 0 Å². The topological polar surface area (TPSA) is 29.1 Å². The van der Waals surface area contributed by atoms with Crippen molar-refractivity contribution in [2.75, 3.05) is 5.32 Å². The molecule has 0 unspecified atom stereocenters. The summed E-state index contributed by atoms with van der Waals surface area (Å²) in [5, 5.41) is 2.56. The van der Waals surface area contributed by atoms with Crippen LogP contribution in [0.4, 0.5) is 18.9 Å². The second-order valence-corrected chi connectivity index (χ2v) is 7.40. The Morgan fingerprint density at radius 1 is 1.17 bits per heavy atom. The van der Waals surface area contributed by atoms with Gasteiger partial charge in [-0.1, -0.05) is 15.9 Å². The smallest absolute Gasteiger partial charge is 0.321 e. The number of hydrogen-bond donors (Lipinski definition) is 1. The monoisotopic (exact) mass is 403 g/mol. The zero-order chi connectivity index (χ0) is 16.6. The molecule has 2 nitrogen and oxygen atoms in total. The number of carbonyl (C=O) groups excluding carboxylic acids is 1. The van der Waals surface area contributed by atoms with Crippen molar-refractivity contribution in [1.82, 2.24) is 0 Å². The molecule has 1 aromatic carbocycles. The average molecular weight is 404 g/mol. The lowest BCUT2D eigenvalue weighted by Crippen LogP contribution is -2.12. The van der Waals surface area contributed by atoms with Crippen molar-refractivity contribution in [2.24, 2.45) is 0 Å². The van der Waals surface area contributed by atoms with E-state index >= 15 is 0 Å². The third kappa shape index (κ3) is 3.61. The Balaban J connectivity index is 1.81. The molecule has 122 valence electrons. The molecule has 1 heterocycles. The first-order valence-corrected chi connectivity index (χ1v) is 8.75. The molecule has 1 amide bonds. The molecule has 1 aliphatic rings. The Morgan fingerprint density at radius 3 is 2.61 bits per heavy atom. The second-order valence-electron chi connectivity index (χ2n) is 5.41. The van der Waals surface area contributed by atoms with Crippen molar-refractivity contribution in [1.29, 1.82) is 0 Å². The van der Waals surface area contributed by atoms with Gasteiger partial charge in [0.1, 0.15) is 0 Å². The fourth-order valence-corrected chi connectivity index (χ4v) is 4.24. The molecule has 3 rings (SSSR count). The highest BCUT2D eigenvalue weighted by atomic mass is 79.9. The van der Waals surface area contributed by atoms with Crippen molar-refractivity contribution < 1.29 is 18.0 Å². The summed E-state index contributed by atoms with van der Waals surface area (Å²) in [5.41, 5.74) is 0.524. The van der Waals surface area contributed by atoms with Crippen molar-refractivity contribution >= 4 is 38.9 Å². The number of amides is 1. The molecule has 0 radical (unpaired) electrons. The molecule has 2 aromatic rings. The molecule has 1 aliphatic carbocycles. The van der Waals surface area contributed by atoms with Gasteiger partial charge in [0, 0.05) is 15.0 Å². The molecule has 1 aromatic heterocycles. The number of rotatable bonds is 2. The number of halogens is 4. The van der Waals surface area contributed by atoms with Crippen molar-refractivity contribution in [3.63, 3.8) is 0 Å². The molecule has 0 aliphatic heterocycles. The first-order chi connectivity index (χ1) is 10.8. The van der Waals surface area contributed by atoms with Crippen molar-refractivity contribution in [2.45, 2.75) is 31.9 Å². The molecule has 23 heavy (non-hydrogen) atoms. The number of hydrogen-bond acceptors (Lipinski definition) is 2. The van der Waals surface area contributed by atoms with Crippen LogP contribution in [0.15, 0.2) is 28.7 Å². The van der Waals surface area contributed by atoms with Gasteiger partial charge in [-0.05, 0) is 55.5 Å². The standard InChI is InChI=1S/C16H13BrF3NOS/c17-12-6-5-10(8-11(12)16(18,19)20)21-15(22)14-7-9-3-1-2-4-13(9)23-14/h5-8H,1-4H2,(H,21,22). The van der Waals surface area contributed by atoms with E-state index in [4.69, 9.17) is 0 Å². The number of carbonyl (C=O) groups is 1. The predicted octanol–water partition coefficient (Wildman–Crippen LogP) is 5.66. The summed E-state index contributed by atoms with van der Waals surface area (Å²) in [4.78, 5) is 14.0. The van der Waals surface area contributed by atoms with Gasteiger partial charge in [0.05, 0.1) is 10.4 Å². The normalized spacial score (nSPS) is 14.4. The van der Waals surface area contributed by atoms with Crippen LogP contribution in [-0.2, 0) is 19.0 Å². The van der Waals surface area contributed by atoms with E-state index in [-0.39, 0.29) is 16.1 Å². The first kappa shape index (κ1) is 16.5. The van der Waals surface area contributed by atoms with Gasteiger partial charge in [0.25, 0.3) is 5.91 Å². The number of benzene rings is 1. The Bertz CT molecular complexity index is 731. The highest BCUT2D eigenvalue weighted by Gasteiger charge is 2.33. The lowest BCUT2D eigenvalue weighted by molar-refractivity contribution is -0.138. The van der Waals surface area contributed by atoms with Crippen LogP contribution >= 0.6 is 27.3 Å². The van der Waals surface area contributed by atoms with Crippen LogP contribution in [0.1, 0.15) is 38.5 Å². The maximum atomic E-state index is 12.9. The van der Waals surface area contributed by atoms with E-state index in [0.717, 1.165) is 31.7 Å². The first-order valence-electron chi connectivity index (χ1n) is 7.14. The Hall–Kier alpha value is -1.34. The fraction of sp³-hybridized carbons (Fsp3) is 0.312. The van der Waals surface area contributed by atoms with Crippen molar-refractivity contribution in [3.05, 3.63) is 49.6 Å². The third-order valence-corrected chi connectivity index (χ3v) is 5.68. The maximum absolute atomic E-state index is 12.9. The van der Waals surface area contributed by atoms with E-state index in [9.17, 15) is 18.0 Å². The number of thiophene rings is 1. The van der Waals surface area contributed by atoms with E-state index in [2.05, 4.69) is 21.2 Å². The molecule has 0 fully saturated rings. The van der Waals surface area contributed by atoms with Gasteiger partial charge < -0.3 is 5.32 Å². The molecule has 0 saturated heterocycles. The van der Waals surface area contributed by atoms with Crippen LogP contribution in [0.2, 0.25) is 0 Å². The second kappa shape index (κ2) is 6.28. The third-order valence-electron chi connectivity index (χ3n) is 3.75. The Morgan fingerprint density at radius 2 is 1.91 bits per heavy atom. The molecular weight excluding hydrogens is 391 g/mol. The Kier molecular flexibility index (Phi) is 4.51. The predicted molar refractivity (Wildman–Crippen MR) is 88.1 cm³/mol. The molecule has 0 bridgehead atoms. The highest BCUT2D eigenvalue weighted by Crippen LogP contribution is 2.36. The minimum atomic E-state index is -4.47. The van der Waals surface area contributed by atoms with Crippen LogP contribution in [-0.4, -0.2) is 5.91 Å². The summed E-state index contributed by atoms with van der Waals surface area (Å²) < 4.78 is 38.7. The van der Waals surface area contributed by atoms with Gasteiger partial charge in [-0.25, -0.2) is 0 Å². The molecule has 0 atom stereocenters. The van der Waals surface area contributed by atoms with Gasteiger partial charge in [-0.3, -0.25) is 4.79 Å². The van der Waals surface area contributed by atoms with Crippen LogP contribution in [0, 0.1) is 0 Å². The zero-order valence-electron chi connectivity index (χ0n) is 12.0. The molecule has 7 heteroatoms. The van der Waals surface area contributed by atoms with Gasteiger partial charge in [-0.15, -0.1) is 11.3 Å². The summed E-state index contributed by atoms with van der Waals surface area (Å²) in [5.74, 6) is -0.361. The highest BCUT2D eigenvalue weighted by molar-refractivity contribution is 9.10. The van der Waals surface area contributed by atoms with E-state index in [1.807, 2.05) is 6.07 Å². The minimum absolute atomic E-state index is 0.0467. The number of nitrogens with one attached hydrogen (secondary N) is 1. The molecule has 0 spiro atoms. The van der Waals surface area contributed by atoms with Crippen LogP contribution in [0.5, 0.6) is 0 Å². The number of alkyl halides is 3. The lowest BCUT2D eigenvalue weighted by atomic mass is 9.99. The Labute approximate surface area is 143 Å². The molecular formula is C16H13BrF3NOS. The zero-order valence-corrected chi connectivity index (χ0v) is 14.4. The largest absolute Gasteiger partial charge is 0.417 e. The van der Waals surface area contributed by atoms with Gasteiger partial charge in [-0.2, -0.15) is 13.2 Å². The van der Waals surface area contributed by atoms with E-state index in [1.54, 1.807) is 0 Å². The lowest BCUT2D eigenvalue weighted by Gasteiger charge is -2.11. The minimum Gasteiger partial charge on any atom is -0.321 e. The SMILES string of the molecule is O=C(Nc1ccc(Br)c(C(F)(F)F)c1)c1cc2c(s1)CCCC2. The quantitative estimate of drug-likeness (QED) is 0.688. The summed E-state index contributed by atoms with van der Waals surface area (Å²) in [6.45, 7) is 0. The van der Waals surface area contributed by atoms with E-state index < -0.39 is 11.7 Å². The van der Waals surface area contributed by atoms with Crippen LogP contribution in [0.25, 0.3) is 0 Å².